The van der Waals surface area contributed by atoms with E-state index >= 15 is 0 Å². The van der Waals surface area contributed by atoms with Gasteiger partial charge in [-0.05, 0) is 25.0 Å². The van der Waals surface area contributed by atoms with Crippen molar-refractivity contribution in [3.8, 4) is 0 Å². The fraction of sp³-hybridized carbons (Fsp3) is 0.611. The Balaban J connectivity index is 1.34. The van der Waals surface area contributed by atoms with Crippen LogP contribution in [0, 0.1) is 0 Å². The number of amides is 3. The molecule has 0 radical (unpaired) electrons. The number of rotatable bonds is 5. The first-order valence-corrected chi connectivity index (χ1v) is 9.68. The number of halogens is 1. The highest BCUT2D eigenvalue weighted by Gasteiger charge is 2.22. The molecule has 3 rings (SSSR count). The molecule has 0 bridgehead atoms. The fourth-order valence-corrected chi connectivity index (χ4v) is 3.57. The van der Waals surface area contributed by atoms with Crippen LogP contribution < -0.4 is 15.5 Å². The number of pyridine rings is 1. The summed E-state index contributed by atoms with van der Waals surface area (Å²) in [5.41, 5.74) is 0. The van der Waals surface area contributed by atoms with Crippen molar-refractivity contribution in [2.45, 2.75) is 38.1 Å². The van der Waals surface area contributed by atoms with E-state index in [4.69, 9.17) is 11.6 Å². The summed E-state index contributed by atoms with van der Waals surface area (Å²) in [7, 11) is 0. The highest BCUT2D eigenvalue weighted by atomic mass is 35.5. The SMILES string of the molecule is O=C(CCNC(=O)N1CCN(c2ccc(Cl)cn2)CC1)NC1CCCC1. The van der Waals surface area contributed by atoms with Gasteiger partial charge in [0.05, 0.1) is 5.02 Å². The molecule has 0 unspecified atom stereocenters. The molecule has 2 heterocycles. The number of carbonyl (C=O) groups is 2. The molecule has 1 aliphatic heterocycles. The molecule has 1 aromatic rings. The molecule has 0 atom stereocenters. The van der Waals surface area contributed by atoms with E-state index < -0.39 is 0 Å². The number of nitrogens with zero attached hydrogens (tertiary/aromatic N) is 3. The third-order valence-corrected chi connectivity index (χ3v) is 5.17. The van der Waals surface area contributed by atoms with Gasteiger partial charge in [-0.2, -0.15) is 0 Å². The van der Waals surface area contributed by atoms with Crippen LogP contribution in [-0.4, -0.2) is 60.6 Å². The molecule has 1 aromatic heterocycles. The number of anilines is 1. The Bertz CT molecular complexity index is 611. The van der Waals surface area contributed by atoms with Crippen molar-refractivity contribution in [2.75, 3.05) is 37.6 Å². The van der Waals surface area contributed by atoms with Crippen molar-refractivity contribution in [3.63, 3.8) is 0 Å². The maximum absolute atomic E-state index is 12.2. The number of urea groups is 1. The minimum atomic E-state index is -0.109. The Morgan fingerprint density at radius 1 is 1.15 bits per heavy atom. The number of hydrogen-bond acceptors (Lipinski definition) is 4. The zero-order valence-corrected chi connectivity index (χ0v) is 15.7. The van der Waals surface area contributed by atoms with Crippen LogP contribution in [0.5, 0.6) is 0 Å². The first kappa shape index (κ1) is 18.8. The van der Waals surface area contributed by atoms with Crippen LogP contribution in [-0.2, 0) is 4.79 Å². The van der Waals surface area contributed by atoms with Gasteiger partial charge in [0.1, 0.15) is 5.82 Å². The summed E-state index contributed by atoms with van der Waals surface area (Å²) in [5.74, 6) is 0.897. The van der Waals surface area contributed by atoms with Gasteiger partial charge in [-0.15, -0.1) is 0 Å². The molecule has 0 spiro atoms. The van der Waals surface area contributed by atoms with E-state index in [0.29, 0.717) is 37.1 Å². The standard InChI is InChI=1S/C18H26ClN5O2/c19-14-5-6-16(21-13-14)23-9-11-24(12-10-23)18(26)20-8-7-17(25)22-15-3-1-2-4-15/h5-6,13,15H,1-4,7-12H2,(H,20,26)(H,22,25). The van der Waals surface area contributed by atoms with Gasteiger partial charge < -0.3 is 20.4 Å². The van der Waals surface area contributed by atoms with E-state index in [2.05, 4.69) is 20.5 Å². The number of carbonyl (C=O) groups excluding carboxylic acids is 2. The molecule has 1 aliphatic carbocycles. The minimum Gasteiger partial charge on any atom is -0.353 e. The summed E-state index contributed by atoms with van der Waals surface area (Å²) in [6.45, 7) is 3.08. The fourth-order valence-electron chi connectivity index (χ4n) is 3.46. The Morgan fingerprint density at radius 3 is 2.54 bits per heavy atom. The monoisotopic (exact) mass is 379 g/mol. The molecule has 3 amide bonds. The van der Waals surface area contributed by atoms with Gasteiger partial charge in [0.15, 0.2) is 0 Å². The summed E-state index contributed by atoms with van der Waals surface area (Å²) in [6, 6.07) is 3.93. The lowest BCUT2D eigenvalue weighted by molar-refractivity contribution is -0.121. The topological polar surface area (TPSA) is 77.6 Å². The molecule has 2 N–H and O–H groups in total. The predicted octanol–water partition coefficient (Wildman–Crippen LogP) is 2.02. The molecule has 2 aliphatic rings. The van der Waals surface area contributed by atoms with E-state index in [9.17, 15) is 9.59 Å². The van der Waals surface area contributed by atoms with Crippen LogP contribution in [0.3, 0.4) is 0 Å². The normalized spacial score (nSPS) is 18.0. The van der Waals surface area contributed by atoms with Gasteiger partial charge in [0, 0.05) is 51.4 Å². The maximum atomic E-state index is 12.2. The zero-order chi connectivity index (χ0) is 18.4. The Kier molecular flexibility index (Phi) is 6.55. The lowest BCUT2D eigenvalue weighted by Gasteiger charge is -2.35. The number of nitrogens with one attached hydrogen (secondary N) is 2. The van der Waals surface area contributed by atoms with E-state index in [1.165, 1.54) is 12.8 Å². The van der Waals surface area contributed by atoms with Gasteiger partial charge in [-0.3, -0.25) is 4.79 Å². The summed E-state index contributed by atoms with van der Waals surface area (Å²) < 4.78 is 0. The van der Waals surface area contributed by atoms with E-state index in [1.807, 2.05) is 12.1 Å². The maximum Gasteiger partial charge on any atom is 0.317 e. The Labute approximate surface area is 159 Å². The quantitative estimate of drug-likeness (QED) is 0.820. The van der Waals surface area contributed by atoms with Gasteiger partial charge >= 0.3 is 6.03 Å². The molecule has 0 aromatic carbocycles. The van der Waals surface area contributed by atoms with Crippen molar-refractivity contribution < 1.29 is 9.59 Å². The van der Waals surface area contributed by atoms with Crippen molar-refractivity contribution in [2.24, 2.45) is 0 Å². The third-order valence-electron chi connectivity index (χ3n) is 4.95. The smallest absolute Gasteiger partial charge is 0.317 e. The average molecular weight is 380 g/mol. The highest BCUT2D eigenvalue weighted by Crippen LogP contribution is 2.18. The second kappa shape index (κ2) is 9.07. The van der Waals surface area contributed by atoms with Crippen LogP contribution in [0.25, 0.3) is 0 Å². The summed E-state index contributed by atoms with van der Waals surface area (Å²) in [4.78, 5) is 32.4. The summed E-state index contributed by atoms with van der Waals surface area (Å²) in [5, 5.41) is 6.49. The number of piperazine rings is 1. The first-order valence-electron chi connectivity index (χ1n) is 9.30. The van der Waals surface area contributed by atoms with Crippen LogP contribution in [0.4, 0.5) is 10.6 Å². The van der Waals surface area contributed by atoms with Crippen LogP contribution in [0.2, 0.25) is 5.02 Å². The molecule has 1 saturated heterocycles. The van der Waals surface area contributed by atoms with Crippen molar-refractivity contribution in [3.05, 3.63) is 23.4 Å². The lowest BCUT2D eigenvalue weighted by Crippen LogP contribution is -2.52. The minimum absolute atomic E-state index is 0.0239. The zero-order valence-electron chi connectivity index (χ0n) is 14.9. The first-order chi connectivity index (χ1) is 12.6. The molecular formula is C18H26ClN5O2. The van der Waals surface area contributed by atoms with Crippen LogP contribution >= 0.6 is 11.6 Å². The average Bonchev–Trinajstić information content (AvgIpc) is 3.15. The molecular weight excluding hydrogens is 354 g/mol. The van der Waals surface area contributed by atoms with Gasteiger partial charge in [-0.1, -0.05) is 24.4 Å². The molecule has 142 valence electrons. The Hall–Kier alpha value is -2.02. The van der Waals surface area contributed by atoms with E-state index in [-0.39, 0.29) is 11.9 Å². The van der Waals surface area contributed by atoms with Gasteiger partial charge in [0.2, 0.25) is 5.91 Å². The van der Waals surface area contributed by atoms with Gasteiger partial charge in [-0.25, -0.2) is 9.78 Å². The number of hydrogen-bond donors (Lipinski definition) is 2. The number of aromatic nitrogens is 1. The second-order valence-electron chi connectivity index (χ2n) is 6.84. The summed E-state index contributed by atoms with van der Waals surface area (Å²) in [6.07, 6.45) is 6.50. The van der Waals surface area contributed by atoms with Crippen molar-refractivity contribution >= 4 is 29.4 Å². The third kappa shape index (κ3) is 5.24. The summed E-state index contributed by atoms with van der Waals surface area (Å²) >= 11 is 5.86. The molecule has 8 heteroatoms. The Morgan fingerprint density at radius 2 is 1.88 bits per heavy atom. The van der Waals surface area contributed by atoms with E-state index in [0.717, 1.165) is 31.7 Å². The van der Waals surface area contributed by atoms with Gasteiger partial charge in [0.25, 0.3) is 0 Å². The van der Waals surface area contributed by atoms with Crippen LogP contribution in [0.1, 0.15) is 32.1 Å². The van der Waals surface area contributed by atoms with E-state index in [1.54, 1.807) is 11.1 Å². The lowest BCUT2D eigenvalue weighted by atomic mass is 10.2. The van der Waals surface area contributed by atoms with Crippen molar-refractivity contribution in [1.82, 2.24) is 20.5 Å². The van der Waals surface area contributed by atoms with Crippen molar-refractivity contribution in [1.29, 1.82) is 0 Å². The highest BCUT2D eigenvalue weighted by molar-refractivity contribution is 6.30. The molecule has 7 nitrogen and oxygen atoms in total. The van der Waals surface area contributed by atoms with Crippen LogP contribution in [0.15, 0.2) is 18.3 Å². The largest absolute Gasteiger partial charge is 0.353 e. The molecule has 1 saturated carbocycles. The molecule has 26 heavy (non-hydrogen) atoms. The second-order valence-corrected chi connectivity index (χ2v) is 7.28. The molecule has 2 fully saturated rings. The predicted molar refractivity (Wildman–Crippen MR) is 101 cm³/mol.